The van der Waals surface area contributed by atoms with Crippen LogP contribution in [0.1, 0.15) is 42.2 Å². The third-order valence-corrected chi connectivity index (χ3v) is 5.92. The Labute approximate surface area is 185 Å². The summed E-state index contributed by atoms with van der Waals surface area (Å²) < 4.78 is 11.1. The van der Waals surface area contributed by atoms with Gasteiger partial charge in [0.05, 0.1) is 25.8 Å². The van der Waals surface area contributed by atoms with E-state index in [1.807, 2.05) is 32.0 Å². The molecule has 160 valence electrons. The number of benzene rings is 2. The molecule has 0 spiro atoms. The molecule has 0 bridgehead atoms. The van der Waals surface area contributed by atoms with Crippen molar-refractivity contribution in [1.82, 2.24) is 10.6 Å². The molecule has 2 aromatic carbocycles. The zero-order valence-electron chi connectivity index (χ0n) is 17.0. The molecule has 1 aliphatic heterocycles. The second-order valence-corrected chi connectivity index (χ2v) is 8.22. The van der Waals surface area contributed by atoms with Gasteiger partial charge in [-0.15, -0.1) is 11.8 Å². The minimum atomic E-state index is -0.350. The molecule has 30 heavy (non-hydrogen) atoms. The van der Waals surface area contributed by atoms with Crippen molar-refractivity contribution in [2.24, 2.45) is 0 Å². The van der Waals surface area contributed by atoms with Crippen LogP contribution in [0.2, 0.25) is 5.02 Å². The molecule has 1 aliphatic rings. The first-order valence-corrected chi connectivity index (χ1v) is 11.3. The Morgan fingerprint density at radius 1 is 1.10 bits per heavy atom. The van der Waals surface area contributed by atoms with E-state index in [1.54, 1.807) is 30.0 Å². The van der Waals surface area contributed by atoms with Crippen molar-refractivity contribution in [1.29, 1.82) is 0 Å². The summed E-state index contributed by atoms with van der Waals surface area (Å²) >= 11 is 7.87. The summed E-state index contributed by atoms with van der Waals surface area (Å²) in [5, 5.41) is 6.31. The van der Waals surface area contributed by atoms with Crippen molar-refractivity contribution in [2.75, 3.05) is 25.5 Å². The fourth-order valence-electron chi connectivity index (χ4n) is 3.22. The van der Waals surface area contributed by atoms with E-state index in [0.29, 0.717) is 35.3 Å². The van der Waals surface area contributed by atoms with Crippen LogP contribution in [0.4, 0.5) is 0 Å². The summed E-state index contributed by atoms with van der Waals surface area (Å²) in [4.78, 5) is 26.1. The predicted octanol–water partition coefficient (Wildman–Crippen LogP) is 4.22. The zero-order chi connectivity index (χ0) is 21.5. The Morgan fingerprint density at radius 2 is 1.87 bits per heavy atom. The van der Waals surface area contributed by atoms with Crippen molar-refractivity contribution < 1.29 is 19.1 Å². The second-order valence-electron chi connectivity index (χ2n) is 6.65. The van der Waals surface area contributed by atoms with E-state index in [0.717, 1.165) is 22.6 Å². The Balaban J connectivity index is 1.60. The SMILES string of the molecule is CCOc1ccc(C(=O)NCC(=O)NC2CCSc3ccc(Cl)cc32)cc1OCC. The smallest absolute Gasteiger partial charge is 0.251 e. The van der Waals surface area contributed by atoms with Crippen molar-refractivity contribution in [3.05, 3.63) is 52.5 Å². The number of ether oxygens (including phenoxy) is 2. The van der Waals surface area contributed by atoms with E-state index in [9.17, 15) is 9.59 Å². The largest absolute Gasteiger partial charge is 0.490 e. The average molecular weight is 449 g/mol. The highest BCUT2D eigenvalue weighted by Gasteiger charge is 2.23. The van der Waals surface area contributed by atoms with E-state index >= 15 is 0 Å². The number of hydrogen-bond acceptors (Lipinski definition) is 5. The summed E-state index contributed by atoms with van der Waals surface area (Å²) in [5.41, 5.74) is 1.42. The molecule has 8 heteroatoms. The molecule has 1 heterocycles. The molecule has 2 amide bonds. The quantitative estimate of drug-likeness (QED) is 0.632. The molecule has 0 aliphatic carbocycles. The third kappa shape index (κ3) is 5.61. The molecular formula is C22H25ClN2O4S. The number of carbonyl (C=O) groups excluding carboxylic acids is 2. The van der Waals surface area contributed by atoms with E-state index in [4.69, 9.17) is 21.1 Å². The van der Waals surface area contributed by atoms with Crippen molar-refractivity contribution in [3.8, 4) is 11.5 Å². The third-order valence-electron chi connectivity index (χ3n) is 4.56. The van der Waals surface area contributed by atoms with Crippen LogP contribution >= 0.6 is 23.4 Å². The van der Waals surface area contributed by atoms with Gasteiger partial charge in [0.1, 0.15) is 0 Å². The minimum Gasteiger partial charge on any atom is -0.490 e. The summed E-state index contributed by atoms with van der Waals surface area (Å²) in [6, 6.07) is 10.6. The second kappa shape index (κ2) is 10.6. The monoisotopic (exact) mass is 448 g/mol. The van der Waals surface area contributed by atoms with Crippen molar-refractivity contribution in [2.45, 2.75) is 31.2 Å². The first-order chi connectivity index (χ1) is 14.5. The van der Waals surface area contributed by atoms with Crippen LogP contribution in [-0.2, 0) is 4.79 Å². The van der Waals surface area contributed by atoms with Crippen molar-refractivity contribution in [3.63, 3.8) is 0 Å². The van der Waals surface area contributed by atoms with Crippen LogP contribution in [0.5, 0.6) is 11.5 Å². The van der Waals surface area contributed by atoms with Gasteiger partial charge < -0.3 is 20.1 Å². The molecule has 1 atom stereocenters. The summed E-state index contributed by atoms with van der Waals surface area (Å²) in [7, 11) is 0. The first kappa shape index (κ1) is 22.3. The fraction of sp³-hybridized carbons (Fsp3) is 0.364. The van der Waals surface area contributed by atoms with E-state index in [-0.39, 0.29) is 24.4 Å². The fourth-order valence-corrected chi connectivity index (χ4v) is 4.50. The van der Waals surface area contributed by atoms with E-state index in [2.05, 4.69) is 10.6 Å². The standard InChI is InChI=1S/C22H25ClN2O4S/c1-3-28-18-7-5-14(11-19(18)29-4-2)22(27)24-13-21(26)25-17-9-10-30-20-8-6-15(23)12-16(17)20/h5-8,11-12,17H,3-4,9-10,13H2,1-2H3,(H,24,27)(H,25,26). The van der Waals surface area contributed by atoms with Gasteiger partial charge in [-0.25, -0.2) is 0 Å². The molecule has 3 rings (SSSR count). The number of rotatable bonds is 8. The van der Waals surface area contributed by atoms with Gasteiger partial charge in [-0.1, -0.05) is 11.6 Å². The van der Waals surface area contributed by atoms with Gasteiger partial charge in [0.2, 0.25) is 5.91 Å². The lowest BCUT2D eigenvalue weighted by molar-refractivity contribution is -0.120. The van der Waals surface area contributed by atoms with Gasteiger partial charge in [0.25, 0.3) is 5.91 Å². The van der Waals surface area contributed by atoms with Crippen LogP contribution in [0, 0.1) is 0 Å². The molecule has 0 saturated heterocycles. The van der Waals surface area contributed by atoms with E-state index < -0.39 is 0 Å². The molecule has 6 nitrogen and oxygen atoms in total. The maximum atomic E-state index is 12.5. The predicted molar refractivity (Wildman–Crippen MR) is 119 cm³/mol. The van der Waals surface area contributed by atoms with Gasteiger partial charge in [0.15, 0.2) is 11.5 Å². The molecule has 1 unspecified atom stereocenters. The summed E-state index contributed by atoms with van der Waals surface area (Å²) in [5.74, 6) is 1.41. The highest BCUT2D eigenvalue weighted by molar-refractivity contribution is 7.99. The molecule has 0 aromatic heterocycles. The van der Waals surface area contributed by atoms with Gasteiger partial charge in [-0.05, 0) is 62.2 Å². The van der Waals surface area contributed by atoms with Gasteiger partial charge in [-0.2, -0.15) is 0 Å². The van der Waals surface area contributed by atoms with Crippen molar-refractivity contribution >= 4 is 35.2 Å². The number of thioether (sulfide) groups is 1. The Morgan fingerprint density at radius 3 is 2.63 bits per heavy atom. The van der Waals surface area contributed by atoms with Crippen LogP contribution in [0.25, 0.3) is 0 Å². The lowest BCUT2D eigenvalue weighted by Crippen LogP contribution is -2.39. The summed E-state index contributed by atoms with van der Waals surface area (Å²) in [6.07, 6.45) is 0.814. The lowest BCUT2D eigenvalue weighted by atomic mass is 10.0. The Hall–Kier alpha value is -2.38. The number of nitrogens with one attached hydrogen (secondary N) is 2. The number of halogens is 1. The van der Waals surface area contributed by atoms with E-state index in [1.165, 1.54) is 0 Å². The lowest BCUT2D eigenvalue weighted by Gasteiger charge is -2.26. The highest BCUT2D eigenvalue weighted by atomic mass is 35.5. The molecule has 2 aromatic rings. The Bertz CT molecular complexity index is 922. The maximum absolute atomic E-state index is 12.5. The van der Waals surface area contributed by atoms with Crippen LogP contribution in [-0.4, -0.2) is 37.3 Å². The molecular weight excluding hydrogens is 424 g/mol. The molecule has 0 radical (unpaired) electrons. The van der Waals surface area contributed by atoms with Crippen LogP contribution in [0.3, 0.4) is 0 Å². The van der Waals surface area contributed by atoms with Gasteiger partial charge >= 0.3 is 0 Å². The molecule has 0 fully saturated rings. The normalized spacial score (nSPS) is 15.1. The molecule has 0 saturated carbocycles. The highest BCUT2D eigenvalue weighted by Crippen LogP contribution is 2.37. The van der Waals surface area contributed by atoms with Gasteiger partial charge in [0, 0.05) is 21.2 Å². The molecule has 2 N–H and O–H groups in total. The number of fused-ring (bicyclic) bond motifs is 1. The minimum absolute atomic E-state index is 0.112. The average Bonchev–Trinajstić information content (AvgIpc) is 2.74. The number of amides is 2. The number of carbonyl (C=O) groups is 2. The maximum Gasteiger partial charge on any atom is 0.251 e. The Kier molecular flexibility index (Phi) is 7.87. The number of hydrogen-bond donors (Lipinski definition) is 2. The van der Waals surface area contributed by atoms with Crippen LogP contribution in [0.15, 0.2) is 41.3 Å². The summed E-state index contributed by atoms with van der Waals surface area (Å²) in [6.45, 7) is 4.59. The first-order valence-electron chi connectivity index (χ1n) is 9.91. The van der Waals surface area contributed by atoms with Crippen LogP contribution < -0.4 is 20.1 Å². The van der Waals surface area contributed by atoms with Gasteiger partial charge in [-0.3, -0.25) is 9.59 Å². The zero-order valence-corrected chi connectivity index (χ0v) is 18.6. The topological polar surface area (TPSA) is 76.7 Å².